The number of ether oxygens (including phenoxy) is 1. The number of aromatic amines is 1. The average Bonchev–Trinajstić information content (AvgIpc) is 3.73. The number of halogens is 5. The highest BCUT2D eigenvalue weighted by Gasteiger charge is 2.51. The van der Waals surface area contributed by atoms with Gasteiger partial charge in [-0.2, -0.15) is 28.6 Å². The number of hydrogen-bond donors (Lipinski definition) is 2. The molecule has 4 aromatic carbocycles. The van der Waals surface area contributed by atoms with Gasteiger partial charge in [-0.25, -0.2) is 18.9 Å². The molecule has 1 amide bonds. The number of thiocarbonyl (C=S) groups is 1. The van der Waals surface area contributed by atoms with Gasteiger partial charge in [0.25, 0.3) is 11.5 Å². The van der Waals surface area contributed by atoms with Crippen LogP contribution in [0.3, 0.4) is 0 Å². The molecule has 1 saturated heterocycles. The number of nitrogens with zero attached hydrogens (tertiary/aromatic N) is 7. The normalized spacial score (nSPS) is 17.1. The highest BCUT2D eigenvalue weighted by molar-refractivity contribution is 7.81. The number of carbonyl (C=O) groups excluding carboxylic acids is 1. The zero-order valence-electron chi connectivity index (χ0n) is 33.6. The molecule has 0 aliphatic carbocycles. The van der Waals surface area contributed by atoms with E-state index in [4.69, 9.17) is 17.0 Å². The van der Waals surface area contributed by atoms with Crippen LogP contribution in [-0.2, 0) is 35.6 Å². The molecule has 12 nitrogen and oxygen atoms in total. The van der Waals surface area contributed by atoms with Gasteiger partial charge in [0.1, 0.15) is 29.3 Å². The molecule has 0 unspecified atom stereocenters. The molecule has 18 heteroatoms. The van der Waals surface area contributed by atoms with Crippen molar-refractivity contribution in [2.45, 2.75) is 63.2 Å². The SMILES string of the molecule is Cn1ncnc1[C@H]1c2n[nH]c(=O)c3cc(F)cc(c23)N[C@@H]1c1ccc(CCCOCCCc2ccc(N3C(=S)N(c4ccc(C#N)c(C(F)(F)F)c4)C(=O)C3(C)C)cc2F)cc1. The Morgan fingerprint density at radius 2 is 1.68 bits per heavy atom. The molecule has 2 N–H and O–H groups in total. The first-order chi connectivity index (χ1) is 29.6. The van der Waals surface area contributed by atoms with Gasteiger partial charge >= 0.3 is 6.18 Å². The number of hydrogen-bond acceptors (Lipinski definition) is 9. The Morgan fingerprint density at radius 3 is 2.35 bits per heavy atom. The lowest BCUT2D eigenvalue weighted by molar-refractivity contribution is -0.137. The molecule has 62 heavy (non-hydrogen) atoms. The van der Waals surface area contributed by atoms with Crippen molar-refractivity contribution in [1.29, 1.82) is 5.26 Å². The summed E-state index contributed by atoms with van der Waals surface area (Å²) >= 11 is 5.58. The van der Waals surface area contributed by atoms with Gasteiger partial charge in [0, 0.05) is 37.0 Å². The van der Waals surface area contributed by atoms with Gasteiger partial charge < -0.3 is 15.0 Å². The van der Waals surface area contributed by atoms with Gasteiger partial charge in [0.05, 0.1) is 45.9 Å². The molecule has 0 spiro atoms. The van der Waals surface area contributed by atoms with Crippen LogP contribution >= 0.6 is 12.2 Å². The third-order valence-electron chi connectivity index (χ3n) is 11.3. The number of aromatic nitrogens is 5. The Bertz CT molecular complexity index is 2840. The smallest absolute Gasteiger partial charge is 0.381 e. The number of anilines is 3. The maximum absolute atomic E-state index is 15.5. The van der Waals surface area contributed by atoms with Crippen molar-refractivity contribution in [1.82, 2.24) is 25.0 Å². The summed E-state index contributed by atoms with van der Waals surface area (Å²) in [6.45, 7) is 3.97. The Kier molecular flexibility index (Phi) is 11.1. The van der Waals surface area contributed by atoms with E-state index in [9.17, 15) is 32.4 Å². The molecule has 2 aliphatic rings. The van der Waals surface area contributed by atoms with Crippen molar-refractivity contribution in [3.8, 4) is 6.07 Å². The highest BCUT2D eigenvalue weighted by Crippen LogP contribution is 2.46. The standard InChI is InChI=1S/C44H38F5N9O3S/c1-43(2)41(60)57(29-14-13-27(22-50)32(20-29)44(47,48)49)42(62)58(43)30-15-12-25(33(46)21-30)7-5-17-61-16-4-6-24-8-10-26(11-9-24)37-36(39-51-23-52-56(39)3)38-35-31(40(59)55-54-38)18-28(45)19-34(35)53-37/h8-15,18-21,23,36-37,53H,4-7,16-17H2,1-3H3,(H,55,59)/t36-,37-/m1/s1. The fourth-order valence-electron chi connectivity index (χ4n) is 8.24. The lowest BCUT2D eigenvalue weighted by Crippen LogP contribution is -2.44. The molecule has 6 aromatic rings. The fourth-order valence-corrected chi connectivity index (χ4v) is 8.77. The highest BCUT2D eigenvalue weighted by atomic mass is 32.1. The molecule has 2 aromatic heterocycles. The Hall–Kier alpha value is -6.58. The Morgan fingerprint density at radius 1 is 0.952 bits per heavy atom. The summed E-state index contributed by atoms with van der Waals surface area (Å²) in [4.78, 5) is 33.0. The van der Waals surface area contributed by atoms with Gasteiger partial charge in [-0.15, -0.1) is 0 Å². The number of rotatable bonds is 12. The fraction of sp³-hybridized carbons (Fsp3) is 0.295. The van der Waals surface area contributed by atoms with Crippen LogP contribution < -0.4 is 20.7 Å². The van der Waals surface area contributed by atoms with Gasteiger partial charge in [-0.1, -0.05) is 30.3 Å². The van der Waals surface area contributed by atoms with E-state index in [0.29, 0.717) is 54.2 Å². The van der Waals surface area contributed by atoms with Crippen molar-refractivity contribution < 1.29 is 31.5 Å². The number of benzene rings is 4. The number of aryl methyl sites for hydroxylation is 3. The van der Waals surface area contributed by atoms with Crippen molar-refractivity contribution >= 4 is 51.1 Å². The van der Waals surface area contributed by atoms with E-state index in [1.54, 1.807) is 37.7 Å². The molecule has 2 aliphatic heterocycles. The minimum absolute atomic E-state index is 0.123. The first kappa shape index (κ1) is 42.1. The lowest BCUT2D eigenvalue weighted by atomic mass is 9.83. The largest absolute Gasteiger partial charge is 0.417 e. The van der Waals surface area contributed by atoms with Crippen molar-refractivity contribution in [3.63, 3.8) is 0 Å². The van der Waals surface area contributed by atoms with E-state index in [-0.39, 0.29) is 21.9 Å². The molecule has 0 bridgehead atoms. The second-order valence-corrected chi connectivity index (χ2v) is 16.0. The van der Waals surface area contributed by atoms with Crippen LogP contribution in [0.5, 0.6) is 0 Å². The molecule has 8 rings (SSSR count). The van der Waals surface area contributed by atoms with E-state index in [2.05, 4.69) is 25.6 Å². The number of nitriles is 1. The number of amides is 1. The Balaban J connectivity index is 0.853. The van der Waals surface area contributed by atoms with Crippen molar-refractivity contribution in [2.75, 3.05) is 28.3 Å². The second-order valence-electron chi connectivity index (χ2n) is 15.6. The minimum Gasteiger partial charge on any atom is -0.381 e. The van der Waals surface area contributed by atoms with Gasteiger partial charge in [0.15, 0.2) is 5.11 Å². The number of carbonyl (C=O) groups is 1. The number of alkyl halides is 3. The first-order valence-electron chi connectivity index (χ1n) is 19.7. The van der Waals surface area contributed by atoms with Crippen molar-refractivity contribution in [2.24, 2.45) is 7.05 Å². The third kappa shape index (κ3) is 7.66. The maximum Gasteiger partial charge on any atom is 0.417 e. The molecule has 4 heterocycles. The summed E-state index contributed by atoms with van der Waals surface area (Å²) in [5, 5.41) is 24.4. The monoisotopic (exact) mass is 867 g/mol. The number of H-pyrrole nitrogens is 1. The van der Waals surface area contributed by atoms with Crippen LogP contribution in [0.25, 0.3) is 10.8 Å². The maximum atomic E-state index is 15.5. The predicted molar refractivity (Wildman–Crippen MR) is 225 cm³/mol. The molecular weight excluding hydrogens is 830 g/mol. The predicted octanol–water partition coefficient (Wildman–Crippen LogP) is 8.02. The first-order valence-corrected chi connectivity index (χ1v) is 20.1. The third-order valence-corrected chi connectivity index (χ3v) is 11.7. The summed E-state index contributed by atoms with van der Waals surface area (Å²) in [6.07, 6.45) is -0.998. The van der Waals surface area contributed by atoms with Gasteiger partial charge in [0.2, 0.25) is 0 Å². The van der Waals surface area contributed by atoms with Gasteiger partial charge in [-0.05, 0) is 111 Å². The van der Waals surface area contributed by atoms with E-state index >= 15 is 4.39 Å². The summed E-state index contributed by atoms with van der Waals surface area (Å²) < 4.78 is 78.8. The van der Waals surface area contributed by atoms with E-state index in [1.165, 1.54) is 41.6 Å². The zero-order valence-corrected chi connectivity index (χ0v) is 34.4. The van der Waals surface area contributed by atoms with Crippen LogP contribution in [0.15, 0.2) is 83.9 Å². The topological polar surface area (TPSA) is 145 Å². The van der Waals surface area contributed by atoms with E-state index < -0.39 is 57.9 Å². The molecule has 0 saturated carbocycles. The van der Waals surface area contributed by atoms with Crippen LogP contribution in [0.2, 0.25) is 0 Å². The van der Waals surface area contributed by atoms with Crippen LogP contribution in [0, 0.1) is 23.0 Å². The zero-order chi connectivity index (χ0) is 44.1. The summed E-state index contributed by atoms with van der Waals surface area (Å²) in [5.74, 6) is -1.50. The molecule has 1 fully saturated rings. The van der Waals surface area contributed by atoms with Crippen LogP contribution in [0.4, 0.5) is 39.0 Å². The van der Waals surface area contributed by atoms with Crippen LogP contribution in [-0.4, -0.2) is 54.7 Å². The lowest BCUT2D eigenvalue weighted by Gasteiger charge is -2.33. The summed E-state index contributed by atoms with van der Waals surface area (Å²) in [5.41, 5.74) is -0.0693. The molecule has 2 atom stereocenters. The number of nitrogens with one attached hydrogen (secondary N) is 2. The average molecular weight is 868 g/mol. The Labute approximate surface area is 356 Å². The quantitative estimate of drug-likeness (QED) is 0.0705. The molecular formula is C44H38F5N9O3S. The van der Waals surface area contributed by atoms with Gasteiger partial charge in [-0.3, -0.25) is 19.2 Å². The van der Waals surface area contributed by atoms with E-state index in [0.717, 1.165) is 41.0 Å². The summed E-state index contributed by atoms with van der Waals surface area (Å²) in [7, 11) is 1.78. The van der Waals surface area contributed by atoms with E-state index in [1.807, 2.05) is 24.3 Å². The summed E-state index contributed by atoms with van der Waals surface area (Å²) in [6, 6.07) is 19.1. The molecule has 318 valence electrons. The molecule has 0 radical (unpaired) electrons. The second kappa shape index (κ2) is 16.4. The van der Waals surface area contributed by atoms with Crippen molar-refractivity contribution in [3.05, 3.63) is 140 Å². The van der Waals surface area contributed by atoms with Crippen LogP contribution in [0.1, 0.15) is 78.0 Å². The minimum atomic E-state index is -4.83.